The highest BCUT2D eigenvalue weighted by Gasteiger charge is 2.12. The van der Waals surface area contributed by atoms with Gasteiger partial charge in [-0.1, -0.05) is 18.2 Å². The number of fused-ring (bicyclic) bond motifs is 1. The number of rotatable bonds is 5. The van der Waals surface area contributed by atoms with Gasteiger partial charge in [0.2, 0.25) is 0 Å². The Morgan fingerprint density at radius 1 is 0.909 bits per heavy atom. The molecule has 0 radical (unpaired) electrons. The number of pyridine rings is 1. The van der Waals surface area contributed by atoms with E-state index in [1.165, 1.54) is 0 Å². The fourth-order valence-electron chi connectivity index (χ4n) is 3.97. The van der Waals surface area contributed by atoms with E-state index < -0.39 is 0 Å². The number of hydrogen-bond donors (Lipinski definition) is 2. The first-order chi connectivity index (χ1) is 16.0. The van der Waals surface area contributed by atoms with Gasteiger partial charge in [-0.3, -0.25) is 0 Å². The molecule has 33 heavy (non-hydrogen) atoms. The standard InChI is InChI=1S/C27H25N5O/c1-16-15-33-25-9-7-21(12-23(16)25)24-13-27(32-18(3)31-24)30-17(2)19-5-4-6-20(11-19)22-8-10-26(28)29-14-22/h4-15,17H,1-3H3,(H2,28,29)(H,30,31,32)/t17-/m0/s1. The van der Waals surface area contributed by atoms with E-state index in [2.05, 4.69) is 57.5 Å². The summed E-state index contributed by atoms with van der Waals surface area (Å²) in [5.74, 6) is 2.02. The maximum Gasteiger partial charge on any atom is 0.134 e. The Kier molecular flexibility index (Phi) is 5.26. The molecule has 164 valence electrons. The van der Waals surface area contributed by atoms with Gasteiger partial charge in [-0.2, -0.15) is 0 Å². The minimum absolute atomic E-state index is 0.0486. The van der Waals surface area contributed by atoms with Crippen molar-refractivity contribution in [1.29, 1.82) is 0 Å². The highest BCUT2D eigenvalue weighted by Crippen LogP contribution is 2.29. The Labute approximate surface area is 192 Å². The lowest BCUT2D eigenvalue weighted by Crippen LogP contribution is -2.09. The Balaban J connectivity index is 1.42. The van der Waals surface area contributed by atoms with Gasteiger partial charge in [0.25, 0.3) is 0 Å². The van der Waals surface area contributed by atoms with E-state index in [-0.39, 0.29) is 6.04 Å². The summed E-state index contributed by atoms with van der Waals surface area (Å²) in [4.78, 5) is 13.5. The minimum atomic E-state index is 0.0486. The molecule has 0 saturated heterocycles. The first-order valence-electron chi connectivity index (χ1n) is 10.9. The molecule has 6 nitrogen and oxygen atoms in total. The topological polar surface area (TPSA) is 89.9 Å². The summed E-state index contributed by atoms with van der Waals surface area (Å²) in [5, 5.41) is 4.63. The zero-order chi connectivity index (χ0) is 22.9. The van der Waals surface area contributed by atoms with Crippen LogP contribution in [0.4, 0.5) is 11.6 Å². The van der Waals surface area contributed by atoms with Crippen LogP contribution in [0.1, 0.15) is 29.9 Å². The number of anilines is 2. The molecule has 0 unspecified atom stereocenters. The van der Waals surface area contributed by atoms with Crippen molar-refractivity contribution in [1.82, 2.24) is 15.0 Å². The van der Waals surface area contributed by atoms with Crippen molar-refractivity contribution < 1.29 is 4.42 Å². The number of nitrogens with zero attached hydrogens (tertiary/aromatic N) is 3. The SMILES string of the molecule is Cc1nc(N[C@@H](C)c2cccc(-c3ccc(N)nc3)c2)cc(-c2ccc3occ(C)c3c2)n1. The molecule has 0 aliphatic heterocycles. The van der Waals surface area contributed by atoms with Crippen molar-refractivity contribution in [2.45, 2.75) is 26.8 Å². The molecule has 1 atom stereocenters. The Morgan fingerprint density at radius 2 is 1.76 bits per heavy atom. The predicted molar refractivity (Wildman–Crippen MR) is 133 cm³/mol. The van der Waals surface area contributed by atoms with Crippen molar-refractivity contribution in [2.75, 3.05) is 11.1 Å². The van der Waals surface area contributed by atoms with E-state index in [0.717, 1.165) is 50.3 Å². The molecule has 0 amide bonds. The molecule has 0 fully saturated rings. The van der Waals surface area contributed by atoms with Crippen LogP contribution in [0.5, 0.6) is 0 Å². The smallest absolute Gasteiger partial charge is 0.134 e. The fraction of sp³-hybridized carbons (Fsp3) is 0.148. The number of nitrogens with one attached hydrogen (secondary N) is 1. The number of hydrogen-bond acceptors (Lipinski definition) is 6. The van der Waals surface area contributed by atoms with E-state index in [4.69, 9.17) is 10.2 Å². The van der Waals surface area contributed by atoms with Gasteiger partial charge in [0.1, 0.15) is 23.0 Å². The van der Waals surface area contributed by atoms with Crippen LogP contribution in [-0.4, -0.2) is 15.0 Å². The lowest BCUT2D eigenvalue weighted by molar-refractivity contribution is 0.613. The largest absolute Gasteiger partial charge is 0.464 e. The van der Waals surface area contributed by atoms with Crippen molar-refractivity contribution >= 4 is 22.6 Å². The molecule has 0 spiro atoms. The van der Waals surface area contributed by atoms with Crippen LogP contribution in [0.25, 0.3) is 33.4 Å². The predicted octanol–water partition coefficient (Wildman–Crippen LogP) is 6.32. The van der Waals surface area contributed by atoms with Crippen LogP contribution >= 0.6 is 0 Å². The summed E-state index contributed by atoms with van der Waals surface area (Å²) in [5.41, 5.74) is 12.9. The molecule has 0 saturated carbocycles. The average Bonchev–Trinajstić information content (AvgIpc) is 3.19. The van der Waals surface area contributed by atoms with Crippen molar-refractivity contribution in [3.05, 3.63) is 90.1 Å². The number of aryl methyl sites for hydroxylation is 2. The molecule has 6 heteroatoms. The highest BCUT2D eigenvalue weighted by molar-refractivity contribution is 5.85. The monoisotopic (exact) mass is 435 g/mol. The molecule has 3 aromatic heterocycles. The second-order valence-corrected chi connectivity index (χ2v) is 8.28. The summed E-state index contributed by atoms with van der Waals surface area (Å²) in [6.07, 6.45) is 3.58. The maximum absolute atomic E-state index is 5.73. The number of nitrogen functional groups attached to an aromatic ring is 1. The lowest BCUT2D eigenvalue weighted by atomic mass is 10.0. The average molecular weight is 436 g/mol. The first kappa shape index (κ1) is 20.7. The summed E-state index contributed by atoms with van der Waals surface area (Å²) in [7, 11) is 0. The number of benzene rings is 2. The summed E-state index contributed by atoms with van der Waals surface area (Å²) in [6, 6.07) is 20.4. The van der Waals surface area contributed by atoms with Crippen LogP contribution < -0.4 is 11.1 Å². The molecular weight excluding hydrogens is 410 g/mol. The molecular formula is C27H25N5O. The van der Waals surface area contributed by atoms with Gasteiger partial charge in [0.05, 0.1) is 12.0 Å². The van der Waals surface area contributed by atoms with Crippen molar-refractivity contribution in [3.8, 4) is 22.4 Å². The van der Waals surface area contributed by atoms with Gasteiger partial charge in [0.15, 0.2) is 0 Å². The number of nitrogens with two attached hydrogens (primary N) is 1. The number of aromatic nitrogens is 3. The van der Waals surface area contributed by atoms with E-state index in [0.29, 0.717) is 11.6 Å². The molecule has 5 rings (SSSR count). The van der Waals surface area contributed by atoms with Crippen LogP contribution in [0, 0.1) is 13.8 Å². The van der Waals surface area contributed by atoms with E-state index in [9.17, 15) is 0 Å². The summed E-state index contributed by atoms with van der Waals surface area (Å²) in [6.45, 7) is 6.08. The summed E-state index contributed by atoms with van der Waals surface area (Å²) < 4.78 is 5.58. The molecule has 3 heterocycles. The second-order valence-electron chi connectivity index (χ2n) is 8.28. The Hall–Kier alpha value is -4.19. The Morgan fingerprint density at radius 3 is 2.58 bits per heavy atom. The van der Waals surface area contributed by atoms with Crippen LogP contribution in [-0.2, 0) is 0 Å². The molecule has 5 aromatic rings. The van der Waals surface area contributed by atoms with Gasteiger partial charge in [0, 0.05) is 34.8 Å². The first-order valence-corrected chi connectivity index (χ1v) is 10.9. The van der Waals surface area contributed by atoms with Gasteiger partial charge in [-0.15, -0.1) is 0 Å². The van der Waals surface area contributed by atoms with E-state index >= 15 is 0 Å². The van der Waals surface area contributed by atoms with Crippen molar-refractivity contribution in [3.63, 3.8) is 0 Å². The van der Waals surface area contributed by atoms with Gasteiger partial charge < -0.3 is 15.5 Å². The molecule has 0 aliphatic carbocycles. The normalized spacial score (nSPS) is 12.1. The highest BCUT2D eigenvalue weighted by atomic mass is 16.3. The minimum Gasteiger partial charge on any atom is -0.464 e. The zero-order valence-corrected chi connectivity index (χ0v) is 18.8. The van der Waals surface area contributed by atoms with Crippen LogP contribution in [0.3, 0.4) is 0 Å². The number of furan rings is 1. The van der Waals surface area contributed by atoms with Crippen molar-refractivity contribution in [2.24, 2.45) is 0 Å². The second kappa shape index (κ2) is 8.39. The molecule has 0 aliphatic rings. The van der Waals surface area contributed by atoms with Gasteiger partial charge >= 0.3 is 0 Å². The van der Waals surface area contributed by atoms with Gasteiger partial charge in [-0.25, -0.2) is 15.0 Å². The molecule has 3 N–H and O–H groups in total. The maximum atomic E-state index is 5.73. The van der Waals surface area contributed by atoms with Crippen LogP contribution in [0.2, 0.25) is 0 Å². The van der Waals surface area contributed by atoms with Gasteiger partial charge in [-0.05, 0) is 73.9 Å². The molecule has 2 aromatic carbocycles. The summed E-state index contributed by atoms with van der Waals surface area (Å²) >= 11 is 0. The quantitative estimate of drug-likeness (QED) is 0.335. The zero-order valence-electron chi connectivity index (χ0n) is 18.8. The third-order valence-electron chi connectivity index (χ3n) is 5.77. The molecule has 0 bridgehead atoms. The van der Waals surface area contributed by atoms with E-state index in [1.807, 2.05) is 44.2 Å². The van der Waals surface area contributed by atoms with E-state index in [1.54, 1.807) is 12.5 Å². The third-order valence-corrected chi connectivity index (χ3v) is 5.77. The fourth-order valence-corrected chi connectivity index (χ4v) is 3.97. The Bertz CT molecular complexity index is 1440. The third kappa shape index (κ3) is 4.28. The van der Waals surface area contributed by atoms with Crippen LogP contribution in [0.15, 0.2) is 77.5 Å². The lowest BCUT2D eigenvalue weighted by Gasteiger charge is -2.17.